The van der Waals surface area contributed by atoms with Crippen LogP contribution in [-0.2, 0) is 6.61 Å². The van der Waals surface area contributed by atoms with Crippen molar-refractivity contribution in [3.63, 3.8) is 0 Å². The fourth-order valence-electron chi connectivity index (χ4n) is 3.90. The van der Waals surface area contributed by atoms with E-state index in [-0.39, 0.29) is 6.61 Å². The Labute approximate surface area is 115 Å². The highest BCUT2D eigenvalue weighted by atomic mass is 16.3. The number of piperidine rings is 1. The van der Waals surface area contributed by atoms with Gasteiger partial charge in [-0.1, -0.05) is 12.8 Å². The van der Waals surface area contributed by atoms with Gasteiger partial charge in [0.15, 0.2) is 0 Å². The predicted molar refractivity (Wildman–Crippen MR) is 77.2 cm³/mol. The van der Waals surface area contributed by atoms with Crippen LogP contribution in [0.15, 0.2) is 12.3 Å². The van der Waals surface area contributed by atoms with Gasteiger partial charge in [-0.25, -0.2) is 4.98 Å². The number of fused-ring (bicyclic) bond motifs is 1. The lowest BCUT2D eigenvalue weighted by Gasteiger charge is -2.45. The molecule has 1 aromatic rings. The molecular weight excluding hydrogens is 236 g/mol. The van der Waals surface area contributed by atoms with E-state index in [2.05, 4.69) is 22.9 Å². The van der Waals surface area contributed by atoms with Gasteiger partial charge < -0.3 is 10.0 Å². The number of pyridine rings is 1. The molecular formula is C16H24N2O. The minimum Gasteiger partial charge on any atom is -0.392 e. The zero-order valence-corrected chi connectivity index (χ0v) is 11.8. The van der Waals surface area contributed by atoms with Crippen LogP contribution in [0.5, 0.6) is 0 Å². The van der Waals surface area contributed by atoms with Crippen LogP contribution in [0.2, 0.25) is 0 Å². The van der Waals surface area contributed by atoms with Crippen LogP contribution < -0.4 is 4.90 Å². The van der Waals surface area contributed by atoms with E-state index >= 15 is 0 Å². The molecule has 3 rings (SSSR count). The Bertz CT molecular complexity index is 444. The first-order valence-electron chi connectivity index (χ1n) is 7.62. The minimum atomic E-state index is 0.0835. The largest absolute Gasteiger partial charge is 0.392 e. The summed E-state index contributed by atoms with van der Waals surface area (Å²) in [6, 6.07) is 2.78. The highest BCUT2D eigenvalue weighted by Gasteiger charge is 2.34. The van der Waals surface area contributed by atoms with Gasteiger partial charge in [0.2, 0.25) is 0 Å². The van der Waals surface area contributed by atoms with E-state index in [0.717, 1.165) is 23.8 Å². The first-order chi connectivity index (χ1) is 9.29. The number of rotatable bonds is 2. The van der Waals surface area contributed by atoms with E-state index in [1.54, 1.807) is 0 Å². The molecule has 3 heteroatoms. The fourth-order valence-corrected chi connectivity index (χ4v) is 3.90. The summed E-state index contributed by atoms with van der Waals surface area (Å²) in [5.74, 6) is 2.02. The van der Waals surface area contributed by atoms with Gasteiger partial charge in [0, 0.05) is 18.8 Å². The molecule has 0 unspecified atom stereocenters. The van der Waals surface area contributed by atoms with E-state index < -0.39 is 0 Å². The summed E-state index contributed by atoms with van der Waals surface area (Å²) < 4.78 is 0. The smallest absolute Gasteiger partial charge is 0.131 e. The summed E-state index contributed by atoms with van der Waals surface area (Å²) >= 11 is 0. The monoisotopic (exact) mass is 260 g/mol. The maximum absolute atomic E-state index is 9.20. The molecule has 1 aliphatic carbocycles. The minimum absolute atomic E-state index is 0.0835. The van der Waals surface area contributed by atoms with E-state index in [4.69, 9.17) is 0 Å². The molecule has 0 radical (unpaired) electrons. The molecule has 1 saturated carbocycles. The number of aliphatic hydroxyl groups is 1. The Hall–Kier alpha value is -1.09. The topological polar surface area (TPSA) is 36.4 Å². The van der Waals surface area contributed by atoms with Crippen LogP contribution in [-0.4, -0.2) is 22.7 Å². The lowest BCUT2D eigenvalue weighted by molar-refractivity contribution is 0.242. The van der Waals surface area contributed by atoms with E-state index in [1.165, 1.54) is 44.1 Å². The maximum Gasteiger partial charge on any atom is 0.131 e. The van der Waals surface area contributed by atoms with Crippen molar-refractivity contribution in [2.75, 3.05) is 11.4 Å². The average Bonchev–Trinajstić information content (AvgIpc) is 2.46. The number of aromatic nitrogens is 1. The highest BCUT2D eigenvalue weighted by Crippen LogP contribution is 2.37. The number of hydrogen-bond acceptors (Lipinski definition) is 3. The van der Waals surface area contributed by atoms with E-state index in [9.17, 15) is 5.11 Å². The van der Waals surface area contributed by atoms with Crippen molar-refractivity contribution < 1.29 is 5.11 Å². The van der Waals surface area contributed by atoms with Gasteiger partial charge in [-0.3, -0.25) is 0 Å². The van der Waals surface area contributed by atoms with Crippen LogP contribution in [0.25, 0.3) is 0 Å². The quantitative estimate of drug-likeness (QED) is 0.888. The molecule has 1 aromatic heterocycles. The molecule has 2 atom stereocenters. The van der Waals surface area contributed by atoms with Crippen molar-refractivity contribution in [3.05, 3.63) is 23.4 Å². The highest BCUT2D eigenvalue weighted by molar-refractivity contribution is 5.49. The third-order valence-corrected chi connectivity index (χ3v) is 4.81. The molecule has 104 valence electrons. The van der Waals surface area contributed by atoms with Gasteiger partial charge in [0.1, 0.15) is 5.82 Å². The SMILES string of the molecule is Cc1cc(CO)cnc1N1CCC[C@H]2CCCC[C@H]21. The van der Waals surface area contributed by atoms with Crippen LogP contribution in [0.3, 0.4) is 0 Å². The Kier molecular flexibility index (Phi) is 3.74. The zero-order chi connectivity index (χ0) is 13.2. The van der Waals surface area contributed by atoms with E-state index in [1.807, 2.05) is 6.20 Å². The predicted octanol–water partition coefficient (Wildman–Crippen LogP) is 3.04. The molecule has 0 amide bonds. The summed E-state index contributed by atoms with van der Waals surface area (Å²) in [5, 5.41) is 9.20. The summed E-state index contributed by atoms with van der Waals surface area (Å²) in [4.78, 5) is 7.18. The average molecular weight is 260 g/mol. The second kappa shape index (κ2) is 5.49. The molecule has 0 spiro atoms. The lowest BCUT2D eigenvalue weighted by Crippen LogP contribution is -2.47. The number of hydrogen-bond donors (Lipinski definition) is 1. The molecule has 1 N–H and O–H groups in total. The van der Waals surface area contributed by atoms with Gasteiger partial charge in [0.05, 0.1) is 6.61 Å². The second-order valence-corrected chi connectivity index (χ2v) is 6.09. The molecule has 2 fully saturated rings. The fraction of sp³-hybridized carbons (Fsp3) is 0.688. The first-order valence-corrected chi connectivity index (χ1v) is 7.62. The Morgan fingerprint density at radius 3 is 2.84 bits per heavy atom. The Morgan fingerprint density at radius 2 is 2.05 bits per heavy atom. The molecule has 0 aromatic carbocycles. The molecule has 3 nitrogen and oxygen atoms in total. The molecule has 2 aliphatic rings. The van der Waals surface area contributed by atoms with Crippen molar-refractivity contribution in [1.82, 2.24) is 4.98 Å². The van der Waals surface area contributed by atoms with Gasteiger partial charge in [0.25, 0.3) is 0 Å². The number of aryl methyl sites for hydroxylation is 1. The Morgan fingerprint density at radius 1 is 1.26 bits per heavy atom. The van der Waals surface area contributed by atoms with Crippen LogP contribution >= 0.6 is 0 Å². The van der Waals surface area contributed by atoms with Crippen LogP contribution in [0.4, 0.5) is 5.82 Å². The van der Waals surface area contributed by atoms with Crippen molar-refractivity contribution in [1.29, 1.82) is 0 Å². The molecule has 1 saturated heterocycles. The zero-order valence-electron chi connectivity index (χ0n) is 11.8. The van der Waals surface area contributed by atoms with Crippen molar-refractivity contribution in [2.45, 2.75) is 58.1 Å². The van der Waals surface area contributed by atoms with E-state index in [0.29, 0.717) is 6.04 Å². The summed E-state index contributed by atoms with van der Waals surface area (Å²) in [7, 11) is 0. The van der Waals surface area contributed by atoms with Crippen LogP contribution in [0.1, 0.15) is 49.7 Å². The van der Waals surface area contributed by atoms with Gasteiger partial charge in [-0.15, -0.1) is 0 Å². The number of aliphatic hydroxyl groups excluding tert-OH is 1. The third kappa shape index (κ3) is 2.48. The molecule has 2 heterocycles. The molecule has 1 aliphatic heterocycles. The standard InChI is InChI=1S/C16H24N2O/c1-12-9-13(11-19)10-17-16(12)18-8-4-6-14-5-2-3-7-15(14)18/h9-10,14-15,19H,2-8,11H2,1H3/t14-,15-/m1/s1. The normalized spacial score (nSPS) is 27.2. The van der Waals surface area contributed by atoms with Gasteiger partial charge >= 0.3 is 0 Å². The van der Waals surface area contributed by atoms with Crippen molar-refractivity contribution >= 4 is 5.82 Å². The third-order valence-electron chi connectivity index (χ3n) is 4.81. The van der Waals surface area contributed by atoms with Crippen molar-refractivity contribution in [2.24, 2.45) is 5.92 Å². The van der Waals surface area contributed by atoms with Gasteiger partial charge in [-0.05, 0) is 55.7 Å². The maximum atomic E-state index is 9.20. The van der Waals surface area contributed by atoms with Crippen molar-refractivity contribution in [3.8, 4) is 0 Å². The number of anilines is 1. The first kappa shape index (κ1) is 12.9. The summed E-state index contributed by atoms with van der Waals surface area (Å²) in [5.41, 5.74) is 2.12. The Balaban J connectivity index is 1.87. The second-order valence-electron chi connectivity index (χ2n) is 6.09. The molecule has 0 bridgehead atoms. The summed E-state index contributed by atoms with van der Waals surface area (Å²) in [6.45, 7) is 3.35. The summed E-state index contributed by atoms with van der Waals surface area (Å²) in [6.07, 6.45) is 10.0. The number of nitrogens with zero attached hydrogens (tertiary/aromatic N) is 2. The van der Waals surface area contributed by atoms with Crippen LogP contribution in [0, 0.1) is 12.8 Å². The van der Waals surface area contributed by atoms with Gasteiger partial charge in [-0.2, -0.15) is 0 Å². The lowest BCUT2D eigenvalue weighted by atomic mass is 9.78. The molecule has 19 heavy (non-hydrogen) atoms.